The van der Waals surface area contributed by atoms with E-state index in [9.17, 15) is 4.79 Å². The van der Waals surface area contributed by atoms with E-state index < -0.39 is 0 Å². The highest BCUT2D eigenvalue weighted by Gasteiger charge is 2.25. The Bertz CT molecular complexity index is 825. The average Bonchev–Trinajstić information content (AvgIpc) is 2.69. The number of pyridine rings is 1. The van der Waals surface area contributed by atoms with Crippen LogP contribution in [0, 0.1) is 0 Å². The van der Waals surface area contributed by atoms with Crippen LogP contribution in [0.1, 0.15) is 31.1 Å². The highest BCUT2D eigenvalue weighted by atomic mass is 127. The van der Waals surface area contributed by atoms with Crippen molar-refractivity contribution in [2.45, 2.75) is 26.3 Å². The molecular weight excluding hydrogens is 484 g/mol. The van der Waals surface area contributed by atoms with Gasteiger partial charge in [-0.2, -0.15) is 5.10 Å². The molecule has 0 amide bonds. The topological polar surface area (TPSA) is 54.3 Å². The summed E-state index contributed by atoms with van der Waals surface area (Å²) in [5, 5.41) is 4.49. The maximum atomic E-state index is 12.2. The van der Waals surface area contributed by atoms with Crippen LogP contribution >= 0.6 is 40.0 Å². The molecule has 6 nitrogen and oxygen atoms in total. The molecule has 1 saturated heterocycles. The fourth-order valence-electron chi connectivity index (χ4n) is 3.38. The van der Waals surface area contributed by atoms with E-state index in [4.69, 9.17) is 11.6 Å². The number of aryl methyl sites for hydroxylation is 1. The first-order valence-electron chi connectivity index (χ1n) is 8.64. The van der Waals surface area contributed by atoms with Crippen LogP contribution in [0.5, 0.6) is 0 Å². The molecule has 1 fully saturated rings. The van der Waals surface area contributed by atoms with Crippen molar-refractivity contribution in [2.75, 3.05) is 31.1 Å². The molecule has 26 heavy (non-hydrogen) atoms. The van der Waals surface area contributed by atoms with Crippen LogP contribution in [0.2, 0.25) is 5.02 Å². The van der Waals surface area contributed by atoms with Gasteiger partial charge in [-0.3, -0.25) is 14.7 Å². The Morgan fingerprint density at radius 1 is 1.35 bits per heavy atom. The zero-order valence-electron chi connectivity index (χ0n) is 14.8. The van der Waals surface area contributed by atoms with Crippen LogP contribution in [-0.4, -0.2) is 45.6 Å². The Balaban J connectivity index is 1.72. The zero-order valence-corrected chi connectivity index (χ0v) is 18.7. The fraction of sp³-hybridized carbons (Fsp3) is 0.471. The van der Waals surface area contributed by atoms with Crippen molar-refractivity contribution in [3.63, 3.8) is 0 Å². The molecule has 0 N–H and O–H groups in total. The quantitative estimate of drug-likeness (QED) is 0.460. The molecule has 0 aromatic carbocycles. The van der Waals surface area contributed by atoms with Crippen molar-refractivity contribution < 1.29 is 0 Å². The minimum atomic E-state index is -0.212. The minimum Gasteiger partial charge on any atom is -0.366 e. The van der Waals surface area contributed by atoms with E-state index in [1.165, 1.54) is 10.0 Å². The molecule has 0 radical (unpaired) electrons. The molecule has 0 bridgehead atoms. The van der Waals surface area contributed by atoms with Crippen molar-refractivity contribution in [1.29, 1.82) is 0 Å². The second-order valence-corrected chi connectivity index (χ2v) is 8.66. The fourth-order valence-corrected chi connectivity index (χ4v) is 5.02. The maximum Gasteiger partial charge on any atom is 0.291 e. The third kappa shape index (κ3) is 4.06. The van der Waals surface area contributed by atoms with Gasteiger partial charge in [0, 0.05) is 44.1 Å². The van der Waals surface area contributed by atoms with Crippen molar-refractivity contribution >= 4 is 45.7 Å². The van der Waals surface area contributed by atoms with Gasteiger partial charge in [-0.25, -0.2) is 4.45 Å². The number of halogens is 2. The van der Waals surface area contributed by atoms with E-state index in [2.05, 4.69) is 61.8 Å². The smallest absolute Gasteiger partial charge is 0.291 e. The van der Waals surface area contributed by atoms with Gasteiger partial charge in [0.1, 0.15) is 5.02 Å². The monoisotopic (exact) mass is 505 g/mol. The number of hydrogen-bond acceptors (Lipinski definition) is 5. The van der Waals surface area contributed by atoms with Gasteiger partial charge in [0.15, 0.2) is 0 Å². The Kier molecular flexibility index (Phi) is 6.88. The number of rotatable bonds is 5. The van der Waals surface area contributed by atoms with Crippen LogP contribution in [0.3, 0.4) is 0 Å². The van der Waals surface area contributed by atoms with Gasteiger partial charge < -0.3 is 4.90 Å². The molecule has 2 unspecified atom stereocenters. The molecule has 2 aromatic rings. The van der Waals surface area contributed by atoms with Gasteiger partial charge in [-0.05, 0) is 47.0 Å². The molecule has 140 valence electrons. The lowest BCUT2D eigenvalue weighted by Gasteiger charge is -2.39. The molecule has 0 spiro atoms. The molecule has 9 heteroatoms. The molecule has 1 aliphatic rings. The Morgan fingerprint density at radius 2 is 2.08 bits per heavy atom. The van der Waals surface area contributed by atoms with Crippen molar-refractivity contribution in [3.05, 3.63) is 51.2 Å². The number of anilines is 1. The second kappa shape index (κ2) is 8.95. The normalized spacial score (nSPS) is 17.2. The average molecular weight is 506 g/mol. The maximum absolute atomic E-state index is 12.2. The Morgan fingerprint density at radius 3 is 2.73 bits per heavy atom. The lowest BCUT2D eigenvalue weighted by molar-refractivity contribution is 0.197. The number of nitrogens with zero attached hydrogens (tertiary/aromatic N) is 5. The number of hydrogen-bond donors (Lipinski definition) is 0. The molecule has 1 aliphatic heterocycles. The third-order valence-electron chi connectivity index (χ3n) is 4.89. The standard InChI is InChI=1S/C17H22ClIN5OP/c1-3-14-13(5-4-6-20-14)12(2)22-7-9-23(10-8-22)15-11-21-24(26-19)17(25)16(15)18/h4-6,11-12,26H,3,7-10H2,1-2H3. The second-order valence-electron chi connectivity index (χ2n) is 6.24. The summed E-state index contributed by atoms with van der Waals surface area (Å²) in [7, 11) is 0. The van der Waals surface area contributed by atoms with E-state index >= 15 is 0 Å². The van der Waals surface area contributed by atoms with Crippen molar-refractivity contribution in [1.82, 2.24) is 19.4 Å². The first kappa shape index (κ1) is 20.0. The minimum absolute atomic E-state index is 0.212. The van der Waals surface area contributed by atoms with E-state index in [0.29, 0.717) is 6.04 Å². The first-order chi connectivity index (χ1) is 12.6. The van der Waals surface area contributed by atoms with Gasteiger partial charge in [0.05, 0.1) is 18.3 Å². The largest absolute Gasteiger partial charge is 0.366 e. The van der Waals surface area contributed by atoms with Gasteiger partial charge in [-0.15, -0.1) is 0 Å². The van der Waals surface area contributed by atoms with Crippen LogP contribution in [0.4, 0.5) is 5.69 Å². The first-order valence-corrected chi connectivity index (χ1v) is 13.1. The summed E-state index contributed by atoms with van der Waals surface area (Å²) >= 11 is 8.44. The van der Waals surface area contributed by atoms with Crippen LogP contribution in [-0.2, 0) is 6.42 Å². The molecule has 0 aliphatic carbocycles. The summed E-state index contributed by atoms with van der Waals surface area (Å²) in [5.74, 6) is 0. The zero-order chi connectivity index (χ0) is 18.7. The predicted octanol–water partition coefficient (Wildman–Crippen LogP) is 3.53. The number of piperazine rings is 1. The van der Waals surface area contributed by atoms with Gasteiger partial charge >= 0.3 is 0 Å². The van der Waals surface area contributed by atoms with Crippen LogP contribution in [0.25, 0.3) is 0 Å². The van der Waals surface area contributed by atoms with Crippen LogP contribution in [0.15, 0.2) is 29.3 Å². The summed E-state index contributed by atoms with van der Waals surface area (Å²) in [6.45, 7) is 7.85. The van der Waals surface area contributed by atoms with E-state index in [1.54, 1.807) is 6.20 Å². The molecule has 2 atom stereocenters. The highest BCUT2D eigenvalue weighted by Crippen LogP contribution is 2.28. The van der Waals surface area contributed by atoms with Gasteiger partial charge in [0.2, 0.25) is 0 Å². The van der Waals surface area contributed by atoms with Gasteiger partial charge in [-0.1, -0.05) is 24.6 Å². The summed E-state index contributed by atoms with van der Waals surface area (Å²) in [6, 6.07) is 4.51. The summed E-state index contributed by atoms with van der Waals surface area (Å²) < 4.78 is 1.40. The molecule has 2 aromatic heterocycles. The van der Waals surface area contributed by atoms with Crippen LogP contribution < -0.4 is 10.5 Å². The predicted molar refractivity (Wildman–Crippen MR) is 117 cm³/mol. The van der Waals surface area contributed by atoms with Gasteiger partial charge in [0.25, 0.3) is 5.56 Å². The molecule has 3 heterocycles. The van der Waals surface area contributed by atoms with E-state index in [0.717, 1.165) is 44.0 Å². The molecule has 3 rings (SSSR count). The summed E-state index contributed by atoms with van der Waals surface area (Å²) in [6.07, 6.45) is 4.77. The van der Waals surface area contributed by atoms with Crippen molar-refractivity contribution in [3.8, 4) is 0 Å². The lowest BCUT2D eigenvalue weighted by Crippen LogP contribution is -2.47. The Hall–Kier alpha value is -0.760. The highest BCUT2D eigenvalue weighted by molar-refractivity contribution is 14.2. The lowest BCUT2D eigenvalue weighted by atomic mass is 10.0. The van der Waals surface area contributed by atoms with E-state index in [-0.39, 0.29) is 17.0 Å². The van der Waals surface area contributed by atoms with E-state index in [1.807, 2.05) is 12.3 Å². The molecular formula is C17H22ClIN5OP. The summed E-state index contributed by atoms with van der Waals surface area (Å²) in [5.41, 5.74) is 2.99. The third-order valence-corrected chi connectivity index (χ3v) is 7.10. The molecule has 0 saturated carbocycles. The van der Waals surface area contributed by atoms with Crippen molar-refractivity contribution in [2.24, 2.45) is 0 Å². The SMILES string of the molecule is CCc1ncccc1C(C)N1CCN(c2cnn(PI)c(=O)c2Cl)CC1. The summed E-state index contributed by atoms with van der Waals surface area (Å²) in [4.78, 5) is 21.3. The Labute approximate surface area is 173 Å². The number of aromatic nitrogens is 3.